The number of pyridine rings is 1. The zero-order chi connectivity index (χ0) is 13.9. The van der Waals surface area contributed by atoms with E-state index in [4.69, 9.17) is 0 Å². The van der Waals surface area contributed by atoms with Gasteiger partial charge in [-0.15, -0.1) is 0 Å². The van der Waals surface area contributed by atoms with E-state index in [9.17, 15) is 0 Å². The van der Waals surface area contributed by atoms with Crippen LogP contribution in [0.1, 0.15) is 39.9 Å². The Bertz CT molecular complexity index is 537. The van der Waals surface area contributed by atoms with Crippen molar-refractivity contribution < 1.29 is 0 Å². The smallest absolute Gasteiger partial charge is 0.140 e. The van der Waals surface area contributed by atoms with Crippen molar-refractivity contribution in [3.05, 3.63) is 36.4 Å². The standard InChI is InChI=1S/C15H22N4/c1-5-7-13-16-10-11-19(13)14-9-6-8-12(17-14)18-15(2,3)4/h6,8-11H,5,7H2,1-4H3,(H,17,18). The van der Waals surface area contributed by atoms with Gasteiger partial charge < -0.3 is 5.32 Å². The highest BCUT2D eigenvalue weighted by atomic mass is 15.2. The summed E-state index contributed by atoms with van der Waals surface area (Å²) in [5, 5.41) is 3.39. The maximum Gasteiger partial charge on any atom is 0.140 e. The molecule has 2 aromatic heterocycles. The Morgan fingerprint density at radius 1 is 1.26 bits per heavy atom. The monoisotopic (exact) mass is 258 g/mol. The van der Waals surface area contributed by atoms with Gasteiger partial charge in [-0.2, -0.15) is 0 Å². The van der Waals surface area contributed by atoms with E-state index in [1.807, 2.05) is 30.6 Å². The average Bonchev–Trinajstić information content (AvgIpc) is 2.76. The second kappa shape index (κ2) is 5.43. The Morgan fingerprint density at radius 3 is 2.74 bits per heavy atom. The first kappa shape index (κ1) is 13.6. The van der Waals surface area contributed by atoms with Crippen molar-refractivity contribution >= 4 is 5.82 Å². The molecule has 0 atom stereocenters. The number of nitrogens with one attached hydrogen (secondary N) is 1. The molecule has 0 aromatic carbocycles. The van der Waals surface area contributed by atoms with Crippen molar-refractivity contribution in [3.8, 4) is 5.82 Å². The van der Waals surface area contributed by atoms with Crippen LogP contribution in [-0.2, 0) is 6.42 Å². The zero-order valence-electron chi connectivity index (χ0n) is 12.1. The van der Waals surface area contributed by atoms with Gasteiger partial charge >= 0.3 is 0 Å². The highest BCUT2D eigenvalue weighted by Crippen LogP contribution is 2.16. The molecule has 0 saturated heterocycles. The number of aryl methyl sites for hydroxylation is 1. The van der Waals surface area contributed by atoms with Crippen molar-refractivity contribution in [1.82, 2.24) is 14.5 Å². The van der Waals surface area contributed by atoms with Gasteiger partial charge in [0, 0.05) is 24.4 Å². The van der Waals surface area contributed by atoms with Crippen LogP contribution in [0.4, 0.5) is 5.82 Å². The summed E-state index contributed by atoms with van der Waals surface area (Å²) in [6.45, 7) is 8.53. The Balaban J connectivity index is 2.30. The first-order chi connectivity index (χ1) is 8.99. The molecule has 4 heteroatoms. The minimum Gasteiger partial charge on any atom is -0.365 e. The summed E-state index contributed by atoms with van der Waals surface area (Å²) < 4.78 is 2.05. The Hall–Kier alpha value is -1.84. The molecule has 0 aliphatic heterocycles. The van der Waals surface area contributed by atoms with Crippen molar-refractivity contribution in [2.24, 2.45) is 0 Å². The second-order valence-electron chi connectivity index (χ2n) is 5.72. The SMILES string of the molecule is CCCc1nccn1-c1cccc(NC(C)(C)C)n1. The number of nitrogens with zero attached hydrogens (tertiary/aromatic N) is 3. The van der Waals surface area contributed by atoms with E-state index >= 15 is 0 Å². The number of rotatable bonds is 4. The first-order valence-corrected chi connectivity index (χ1v) is 6.77. The molecule has 2 rings (SSSR count). The molecule has 2 aromatic rings. The van der Waals surface area contributed by atoms with Crippen LogP contribution >= 0.6 is 0 Å². The molecule has 102 valence electrons. The fourth-order valence-corrected chi connectivity index (χ4v) is 1.96. The van der Waals surface area contributed by atoms with E-state index < -0.39 is 0 Å². The Morgan fingerprint density at radius 2 is 2.05 bits per heavy atom. The van der Waals surface area contributed by atoms with Crippen molar-refractivity contribution in [2.75, 3.05) is 5.32 Å². The second-order valence-corrected chi connectivity index (χ2v) is 5.72. The quantitative estimate of drug-likeness (QED) is 0.913. The summed E-state index contributed by atoms with van der Waals surface area (Å²) in [4.78, 5) is 9.04. The van der Waals surface area contributed by atoms with Crippen molar-refractivity contribution in [2.45, 2.75) is 46.1 Å². The van der Waals surface area contributed by atoms with Gasteiger partial charge in [-0.05, 0) is 39.3 Å². The van der Waals surface area contributed by atoms with E-state index in [0.717, 1.165) is 30.3 Å². The number of anilines is 1. The van der Waals surface area contributed by atoms with Crippen LogP contribution in [-0.4, -0.2) is 20.1 Å². The highest BCUT2D eigenvalue weighted by Gasteiger charge is 2.11. The van der Waals surface area contributed by atoms with E-state index in [1.165, 1.54) is 0 Å². The lowest BCUT2D eigenvalue weighted by Gasteiger charge is -2.21. The van der Waals surface area contributed by atoms with Crippen molar-refractivity contribution in [1.29, 1.82) is 0 Å². The maximum atomic E-state index is 4.66. The van der Waals surface area contributed by atoms with Crippen LogP contribution in [0.5, 0.6) is 0 Å². The van der Waals surface area contributed by atoms with Gasteiger partial charge in [0.1, 0.15) is 17.5 Å². The number of aromatic nitrogens is 3. The van der Waals surface area contributed by atoms with Gasteiger partial charge in [0.2, 0.25) is 0 Å². The number of hydrogen-bond acceptors (Lipinski definition) is 3. The van der Waals surface area contributed by atoms with E-state index in [2.05, 4.69) is 47.5 Å². The summed E-state index contributed by atoms with van der Waals surface area (Å²) in [7, 11) is 0. The zero-order valence-corrected chi connectivity index (χ0v) is 12.1. The fourth-order valence-electron chi connectivity index (χ4n) is 1.96. The van der Waals surface area contributed by atoms with E-state index in [-0.39, 0.29) is 5.54 Å². The van der Waals surface area contributed by atoms with Crippen LogP contribution in [0.25, 0.3) is 5.82 Å². The molecular weight excluding hydrogens is 236 g/mol. The summed E-state index contributed by atoms with van der Waals surface area (Å²) in [5.74, 6) is 2.86. The van der Waals surface area contributed by atoms with Crippen LogP contribution in [0.3, 0.4) is 0 Å². The number of hydrogen-bond donors (Lipinski definition) is 1. The average molecular weight is 258 g/mol. The van der Waals surface area contributed by atoms with E-state index in [1.54, 1.807) is 0 Å². The van der Waals surface area contributed by atoms with Crippen LogP contribution in [0.2, 0.25) is 0 Å². The molecule has 0 aliphatic rings. The predicted octanol–water partition coefficient (Wildman–Crippen LogP) is 3.43. The summed E-state index contributed by atoms with van der Waals surface area (Å²) in [5.41, 5.74) is 0.00676. The molecule has 0 aliphatic carbocycles. The fraction of sp³-hybridized carbons (Fsp3) is 0.467. The minimum absolute atomic E-state index is 0.00676. The van der Waals surface area contributed by atoms with Crippen molar-refractivity contribution in [3.63, 3.8) is 0 Å². The lowest BCUT2D eigenvalue weighted by molar-refractivity contribution is 0.630. The topological polar surface area (TPSA) is 42.7 Å². The van der Waals surface area contributed by atoms with Crippen LogP contribution in [0, 0.1) is 0 Å². The minimum atomic E-state index is 0.00676. The molecule has 0 spiro atoms. The lowest BCUT2D eigenvalue weighted by atomic mass is 10.1. The predicted molar refractivity (Wildman–Crippen MR) is 78.7 cm³/mol. The molecule has 0 saturated carbocycles. The third-order valence-corrected chi connectivity index (χ3v) is 2.68. The third kappa shape index (κ3) is 3.56. The largest absolute Gasteiger partial charge is 0.365 e. The lowest BCUT2D eigenvalue weighted by Crippen LogP contribution is -2.26. The van der Waals surface area contributed by atoms with Gasteiger partial charge in [0.25, 0.3) is 0 Å². The summed E-state index contributed by atoms with van der Waals surface area (Å²) >= 11 is 0. The van der Waals surface area contributed by atoms with Crippen LogP contribution in [0.15, 0.2) is 30.6 Å². The van der Waals surface area contributed by atoms with Gasteiger partial charge in [0.05, 0.1) is 0 Å². The van der Waals surface area contributed by atoms with Gasteiger partial charge in [-0.25, -0.2) is 9.97 Å². The van der Waals surface area contributed by atoms with Gasteiger partial charge in [-0.3, -0.25) is 4.57 Å². The first-order valence-electron chi connectivity index (χ1n) is 6.77. The van der Waals surface area contributed by atoms with Gasteiger partial charge in [0.15, 0.2) is 0 Å². The Labute approximate surface area is 114 Å². The molecule has 19 heavy (non-hydrogen) atoms. The third-order valence-electron chi connectivity index (χ3n) is 2.68. The summed E-state index contributed by atoms with van der Waals surface area (Å²) in [6.07, 6.45) is 5.84. The molecule has 4 nitrogen and oxygen atoms in total. The molecule has 0 bridgehead atoms. The summed E-state index contributed by atoms with van der Waals surface area (Å²) in [6, 6.07) is 6.02. The maximum absolute atomic E-state index is 4.66. The number of imidazole rings is 1. The normalized spacial score (nSPS) is 11.6. The molecule has 0 fully saturated rings. The molecule has 0 amide bonds. The van der Waals surface area contributed by atoms with E-state index in [0.29, 0.717) is 0 Å². The molecule has 2 heterocycles. The highest BCUT2D eigenvalue weighted by molar-refractivity contribution is 5.42. The van der Waals surface area contributed by atoms with Crippen LogP contribution < -0.4 is 5.32 Å². The molecule has 1 N–H and O–H groups in total. The Kier molecular flexibility index (Phi) is 3.88. The molecule has 0 radical (unpaired) electrons. The van der Waals surface area contributed by atoms with Gasteiger partial charge in [-0.1, -0.05) is 13.0 Å². The molecular formula is C15H22N4. The molecule has 0 unspecified atom stereocenters.